The number of hydrogen-bond acceptors (Lipinski definition) is 5. The molecule has 0 aromatic carbocycles. The zero-order valence-electron chi connectivity index (χ0n) is 9.37. The molecular formula is C7H18O3P4S2. The molecule has 3 nitrogen and oxygen atoms in total. The van der Waals surface area contributed by atoms with Crippen LogP contribution in [0.25, 0.3) is 0 Å². The van der Waals surface area contributed by atoms with E-state index in [4.69, 9.17) is 13.4 Å². The Morgan fingerprint density at radius 3 is 2.81 bits per heavy atom. The first kappa shape index (κ1) is 16.4. The highest BCUT2D eigenvalue weighted by molar-refractivity contribution is 8.77. The zero-order valence-corrected chi connectivity index (χ0v) is 15.1. The highest BCUT2D eigenvalue weighted by Gasteiger charge is 2.25. The number of rotatable bonds is 6. The van der Waals surface area contributed by atoms with E-state index in [1.54, 1.807) is 11.0 Å². The molecule has 0 radical (unpaired) electrons. The summed E-state index contributed by atoms with van der Waals surface area (Å²) in [5.41, 5.74) is 0. The molecule has 6 atom stereocenters. The Bertz CT molecular complexity index is 200. The van der Waals surface area contributed by atoms with Gasteiger partial charge in [-0.2, -0.15) is 0 Å². The summed E-state index contributed by atoms with van der Waals surface area (Å²) in [6, 6.07) is 0. The third-order valence-electron chi connectivity index (χ3n) is 1.91. The summed E-state index contributed by atoms with van der Waals surface area (Å²) in [7, 11) is 5.03. The molecular weight excluding hydrogens is 320 g/mol. The lowest BCUT2D eigenvalue weighted by atomic mass is 10.1. The maximum absolute atomic E-state index is 5.92. The van der Waals surface area contributed by atoms with Crippen LogP contribution in [0.15, 0.2) is 0 Å². The Hall–Kier alpha value is 2.30. The first-order chi connectivity index (χ1) is 7.61. The summed E-state index contributed by atoms with van der Waals surface area (Å²) in [6.45, 7) is 4.83. The Morgan fingerprint density at radius 1 is 1.44 bits per heavy atom. The molecule has 16 heavy (non-hydrogen) atoms. The molecule has 0 aromatic heterocycles. The van der Waals surface area contributed by atoms with Gasteiger partial charge >= 0.3 is 0 Å². The van der Waals surface area contributed by atoms with Crippen LogP contribution in [0.2, 0.25) is 0 Å². The van der Waals surface area contributed by atoms with Gasteiger partial charge in [-0.1, -0.05) is 28.4 Å². The molecule has 0 bridgehead atoms. The molecule has 1 heterocycles. The number of ether oxygens (including phenoxy) is 1. The second-order valence-electron chi connectivity index (χ2n) is 3.31. The molecule has 0 aliphatic carbocycles. The van der Waals surface area contributed by atoms with Crippen molar-refractivity contribution in [1.29, 1.82) is 0 Å². The second kappa shape index (κ2) is 9.24. The molecule has 96 valence electrons. The third-order valence-corrected chi connectivity index (χ3v) is 8.90. The van der Waals surface area contributed by atoms with E-state index < -0.39 is 0 Å². The second-order valence-corrected chi connectivity index (χ2v) is 15.7. The molecule has 1 rings (SSSR count). The van der Waals surface area contributed by atoms with Crippen molar-refractivity contribution in [2.45, 2.75) is 25.2 Å². The van der Waals surface area contributed by atoms with Gasteiger partial charge < -0.3 is 9.26 Å². The van der Waals surface area contributed by atoms with Crippen molar-refractivity contribution >= 4 is 54.2 Å². The first-order valence-corrected chi connectivity index (χ1v) is 14.2. The van der Waals surface area contributed by atoms with Gasteiger partial charge in [-0.05, 0) is 26.6 Å². The van der Waals surface area contributed by atoms with E-state index in [0.29, 0.717) is 0 Å². The Labute approximate surface area is 113 Å². The topological polar surface area (TPSA) is 27.7 Å². The average molecular weight is 338 g/mol. The predicted octanol–water partition coefficient (Wildman–Crippen LogP) is 4.45. The lowest BCUT2D eigenvalue weighted by molar-refractivity contribution is -0.122. The SMILES string of the molecule is CP(P)SOC1C[C@H](OP(C)SP)CCO1. The van der Waals surface area contributed by atoms with Crippen molar-refractivity contribution in [1.82, 2.24) is 0 Å². The minimum absolute atomic E-state index is 0.104. The molecule has 5 unspecified atom stereocenters. The molecule has 1 aliphatic rings. The first-order valence-electron chi connectivity index (χ1n) is 4.82. The van der Waals surface area contributed by atoms with Gasteiger partial charge in [0.25, 0.3) is 0 Å². The van der Waals surface area contributed by atoms with Crippen LogP contribution >= 0.6 is 54.2 Å². The Balaban J connectivity index is 2.24. The fourth-order valence-electron chi connectivity index (χ4n) is 1.24. The van der Waals surface area contributed by atoms with Crippen LogP contribution in [-0.4, -0.2) is 32.3 Å². The van der Waals surface area contributed by atoms with E-state index in [-0.39, 0.29) is 26.6 Å². The van der Waals surface area contributed by atoms with Gasteiger partial charge in [-0.15, -0.1) is 0 Å². The molecule has 0 amide bonds. The number of hydrogen-bond donors (Lipinski definition) is 0. The van der Waals surface area contributed by atoms with E-state index in [2.05, 4.69) is 30.7 Å². The molecule has 9 heteroatoms. The monoisotopic (exact) mass is 338 g/mol. The molecule has 0 saturated carbocycles. The van der Waals surface area contributed by atoms with E-state index in [1.165, 1.54) is 11.7 Å². The van der Waals surface area contributed by atoms with Crippen LogP contribution < -0.4 is 0 Å². The summed E-state index contributed by atoms with van der Waals surface area (Å²) < 4.78 is 17.1. The lowest BCUT2D eigenvalue weighted by Crippen LogP contribution is -2.30. The minimum Gasteiger partial charge on any atom is -0.351 e. The molecule has 0 spiro atoms. The summed E-state index contributed by atoms with van der Waals surface area (Å²) in [4.78, 5) is 0. The highest BCUT2D eigenvalue weighted by Crippen LogP contribution is 2.55. The van der Waals surface area contributed by atoms with Crippen LogP contribution in [-0.2, 0) is 13.4 Å². The lowest BCUT2D eigenvalue weighted by Gasteiger charge is -2.30. The molecule has 0 aromatic rings. The molecule has 1 fully saturated rings. The zero-order chi connectivity index (χ0) is 12.0. The standard InChI is InChI=1S/C7H18O3P4S2/c1-13(16-12)9-6-3-4-8-7(5-6)10-15-14(2)11/h6-7H,3-5,11-12H2,1-2H3/t6-,7?,13?,14?/m1/s1. The fourth-order valence-corrected chi connectivity index (χ4v) is 4.38. The minimum atomic E-state index is -0.380. The van der Waals surface area contributed by atoms with E-state index in [9.17, 15) is 0 Å². The van der Waals surface area contributed by atoms with Crippen molar-refractivity contribution in [3.63, 3.8) is 0 Å². The van der Waals surface area contributed by atoms with Gasteiger partial charge in [0.2, 0.25) is 0 Å². The van der Waals surface area contributed by atoms with Gasteiger partial charge in [0.15, 0.2) is 6.29 Å². The van der Waals surface area contributed by atoms with E-state index >= 15 is 0 Å². The third kappa shape index (κ3) is 7.03. The summed E-state index contributed by atoms with van der Waals surface area (Å²) in [5.74, 6) is 0. The van der Waals surface area contributed by atoms with Crippen LogP contribution in [0.1, 0.15) is 12.8 Å². The van der Waals surface area contributed by atoms with Crippen molar-refractivity contribution < 1.29 is 13.4 Å². The quantitative estimate of drug-likeness (QED) is 0.527. The Kier molecular flexibility index (Phi) is 9.45. The van der Waals surface area contributed by atoms with Gasteiger partial charge in [-0.25, -0.2) is 0 Å². The van der Waals surface area contributed by atoms with E-state index in [1.807, 2.05) is 0 Å². The normalized spacial score (nSPS) is 30.0. The smallest absolute Gasteiger partial charge is 0.173 e. The van der Waals surface area contributed by atoms with Crippen LogP contribution in [0, 0.1) is 0 Å². The maximum Gasteiger partial charge on any atom is 0.173 e. The van der Waals surface area contributed by atoms with Crippen molar-refractivity contribution in [2.75, 3.05) is 19.9 Å². The van der Waals surface area contributed by atoms with E-state index in [0.717, 1.165) is 19.4 Å². The molecule has 1 saturated heterocycles. The van der Waals surface area contributed by atoms with Crippen LogP contribution in [0.5, 0.6) is 0 Å². The van der Waals surface area contributed by atoms with Crippen LogP contribution in [0.4, 0.5) is 0 Å². The molecule has 1 aliphatic heterocycles. The van der Waals surface area contributed by atoms with Gasteiger partial charge in [0.1, 0.15) is 0 Å². The maximum atomic E-state index is 5.92. The van der Waals surface area contributed by atoms with Crippen molar-refractivity contribution in [2.24, 2.45) is 0 Å². The largest absolute Gasteiger partial charge is 0.351 e. The highest BCUT2D eigenvalue weighted by atomic mass is 33.1. The predicted molar refractivity (Wildman–Crippen MR) is 85.2 cm³/mol. The summed E-state index contributed by atoms with van der Waals surface area (Å²) in [6.07, 6.45) is 2.01. The fraction of sp³-hybridized carbons (Fsp3) is 1.00. The van der Waals surface area contributed by atoms with Gasteiger partial charge in [0, 0.05) is 18.1 Å². The summed E-state index contributed by atoms with van der Waals surface area (Å²) in [5, 5.41) is 0. The van der Waals surface area contributed by atoms with Crippen molar-refractivity contribution in [3.05, 3.63) is 0 Å². The van der Waals surface area contributed by atoms with Crippen LogP contribution in [0.3, 0.4) is 0 Å². The van der Waals surface area contributed by atoms with Crippen molar-refractivity contribution in [3.8, 4) is 0 Å². The molecule has 0 N–H and O–H groups in total. The van der Waals surface area contributed by atoms with Gasteiger partial charge in [-0.3, -0.25) is 4.18 Å². The Morgan fingerprint density at radius 2 is 2.19 bits per heavy atom. The average Bonchev–Trinajstić information content (AvgIpc) is 2.26. The summed E-state index contributed by atoms with van der Waals surface area (Å²) >= 11 is 3.22. The van der Waals surface area contributed by atoms with Gasteiger partial charge in [0.05, 0.1) is 20.1 Å².